The van der Waals surface area contributed by atoms with Gasteiger partial charge in [0.1, 0.15) is 0 Å². The normalized spacial score (nSPS) is 13.2. The van der Waals surface area contributed by atoms with Crippen LogP contribution in [0.2, 0.25) is 0 Å². The summed E-state index contributed by atoms with van der Waals surface area (Å²) in [5.41, 5.74) is 2.69. The first kappa shape index (κ1) is 42.7. The molecule has 0 heterocycles. The Kier molecular flexibility index (Phi) is 27.8. The van der Waals surface area contributed by atoms with Crippen LogP contribution >= 0.6 is 0 Å². The maximum atomic E-state index is 2.94. The summed E-state index contributed by atoms with van der Waals surface area (Å²) >= 11 is 0. The molecule has 0 aliphatic carbocycles. The van der Waals surface area contributed by atoms with E-state index in [1.807, 2.05) is 0 Å². The van der Waals surface area contributed by atoms with Gasteiger partial charge in [0.05, 0.1) is 0 Å². The van der Waals surface area contributed by atoms with Crippen molar-refractivity contribution in [3.05, 3.63) is 11.6 Å². The van der Waals surface area contributed by atoms with E-state index >= 15 is 0 Å². The molecule has 258 valence electrons. The summed E-state index contributed by atoms with van der Waals surface area (Å²) in [7, 11) is 0. The third-order valence-electron chi connectivity index (χ3n) is 9.65. The number of rotatable bonds is 30. The lowest BCUT2D eigenvalue weighted by Crippen LogP contribution is -2.36. The first-order chi connectivity index (χ1) is 20.5. The zero-order valence-electron chi connectivity index (χ0n) is 31.9. The Morgan fingerprint density at radius 1 is 0.465 bits per heavy atom. The van der Waals surface area contributed by atoms with Crippen LogP contribution in [-0.4, -0.2) is 24.0 Å². The second-order valence-electron chi connectivity index (χ2n) is 16.6. The van der Waals surface area contributed by atoms with E-state index in [2.05, 4.69) is 73.3 Å². The minimum absolute atomic E-state index is 0.505. The number of unbranched alkanes of at least 4 members (excludes halogenated alkanes) is 18. The first-order valence-corrected chi connectivity index (χ1v) is 20.0. The van der Waals surface area contributed by atoms with E-state index in [-0.39, 0.29) is 0 Å². The molecule has 0 fully saturated rings. The summed E-state index contributed by atoms with van der Waals surface area (Å²) in [5, 5.41) is 0. The van der Waals surface area contributed by atoms with E-state index in [0.29, 0.717) is 16.9 Å². The van der Waals surface area contributed by atoms with Gasteiger partial charge in [-0.25, -0.2) is 0 Å². The molecule has 1 nitrogen and oxygen atoms in total. The van der Waals surface area contributed by atoms with Gasteiger partial charge in [-0.1, -0.05) is 196 Å². The fraction of sp³-hybridized carbons (Fsp3) is 0.952. The molecule has 1 heteroatoms. The molecule has 0 radical (unpaired) electrons. The zero-order valence-corrected chi connectivity index (χ0v) is 31.9. The fourth-order valence-electron chi connectivity index (χ4n) is 6.59. The van der Waals surface area contributed by atoms with Crippen molar-refractivity contribution in [1.29, 1.82) is 0 Å². The van der Waals surface area contributed by atoms with Gasteiger partial charge in [-0.15, -0.1) is 0 Å². The lowest BCUT2D eigenvalue weighted by atomic mass is 9.89. The van der Waals surface area contributed by atoms with Crippen molar-refractivity contribution in [1.82, 2.24) is 4.90 Å². The second kappa shape index (κ2) is 28.0. The van der Waals surface area contributed by atoms with Crippen molar-refractivity contribution in [3.63, 3.8) is 0 Å². The Morgan fingerprint density at radius 2 is 0.814 bits per heavy atom. The summed E-state index contributed by atoms with van der Waals surface area (Å²) in [5.74, 6) is 0. The van der Waals surface area contributed by atoms with E-state index in [0.717, 1.165) is 0 Å². The zero-order chi connectivity index (χ0) is 32.2. The summed E-state index contributed by atoms with van der Waals surface area (Å²) in [4.78, 5) is 2.94. The lowest BCUT2D eigenvalue weighted by molar-refractivity contribution is 0.205. The lowest BCUT2D eigenvalue weighted by Gasteiger charge is -2.31. The minimum Gasteiger partial charge on any atom is -0.297 e. The van der Waals surface area contributed by atoms with Gasteiger partial charge in [0.25, 0.3) is 0 Å². The molecule has 0 aliphatic heterocycles. The highest BCUT2D eigenvalue weighted by molar-refractivity contribution is 5.06. The van der Waals surface area contributed by atoms with Crippen molar-refractivity contribution in [2.45, 2.75) is 235 Å². The van der Waals surface area contributed by atoms with Crippen LogP contribution in [-0.2, 0) is 0 Å². The van der Waals surface area contributed by atoms with Gasteiger partial charge in [0, 0.05) is 6.04 Å². The summed E-state index contributed by atoms with van der Waals surface area (Å²) in [6.45, 7) is 24.0. The topological polar surface area (TPSA) is 3.24 Å². The Hall–Kier alpha value is -0.300. The van der Waals surface area contributed by atoms with Crippen LogP contribution in [0.1, 0.15) is 229 Å². The molecule has 0 aromatic carbocycles. The van der Waals surface area contributed by atoms with Crippen molar-refractivity contribution in [3.8, 4) is 0 Å². The Balaban J connectivity index is 4.81. The molecule has 0 saturated carbocycles. The SMILES string of the molecule is CCCCCCCCCC(C=C(CC)CC)N(CCCCCCCCCC(C)(C)C)CCCCCCCCCC(C)(C)C. The molecule has 0 rings (SSSR count). The maximum Gasteiger partial charge on any atom is 0.0280 e. The van der Waals surface area contributed by atoms with Gasteiger partial charge in [-0.3, -0.25) is 4.90 Å². The van der Waals surface area contributed by atoms with Crippen LogP contribution in [0.5, 0.6) is 0 Å². The third-order valence-corrected chi connectivity index (χ3v) is 9.65. The predicted molar refractivity (Wildman–Crippen MR) is 199 cm³/mol. The first-order valence-electron chi connectivity index (χ1n) is 20.0. The van der Waals surface area contributed by atoms with Crippen LogP contribution in [0.4, 0.5) is 0 Å². The van der Waals surface area contributed by atoms with Crippen LogP contribution in [0.25, 0.3) is 0 Å². The van der Waals surface area contributed by atoms with E-state index in [1.54, 1.807) is 5.57 Å². The Morgan fingerprint density at radius 3 is 1.19 bits per heavy atom. The van der Waals surface area contributed by atoms with Crippen molar-refractivity contribution in [2.24, 2.45) is 10.8 Å². The number of hydrogen-bond donors (Lipinski definition) is 0. The van der Waals surface area contributed by atoms with Gasteiger partial charge in [0.15, 0.2) is 0 Å². The van der Waals surface area contributed by atoms with Crippen molar-refractivity contribution < 1.29 is 0 Å². The third kappa shape index (κ3) is 30.1. The van der Waals surface area contributed by atoms with Gasteiger partial charge in [0.2, 0.25) is 0 Å². The van der Waals surface area contributed by atoms with Gasteiger partial charge in [-0.2, -0.15) is 0 Å². The minimum atomic E-state index is 0.505. The molecular weight excluding hydrogens is 518 g/mol. The molecule has 1 atom stereocenters. The second-order valence-corrected chi connectivity index (χ2v) is 16.6. The average Bonchev–Trinajstić information content (AvgIpc) is 2.94. The largest absolute Gasteiger partial charge is 0.297 e. The standard InChI is InChI=1S/C42H85N/c1-10-13-14-15-18-23-28-33-40(38-39(11-2)12-3)43(36-31-26-21-16-19-24-29-34-41(4,5)6)37-32-27-22-17-20-25-30-35-42(7,8)9/h38,40H,10-37H2,1-9H3. The van der Waals surface area contributed by atoms with Crippen LogP contribution < -0.4 is 0 Å². The molecule has 0 saturated heterocycles. The summed E-state index contributed by atoms with van der Waals surface area (Å²) in [6.07, 6.45) is 39.2. The van der Waals surface area contributed by atoms with Crippen molar-refractivity contribution >= 4 is 0 Å². The van der Waals surface area contributed by atoms with Crippen molar-refractivity contribution in [2.75, 3.05) is 13.1 Å². The number of allylic oxidation sites excluding steroid dienone is 1. The molecule has 43 heavy (non-hydrogen) atoms. The molecule has 0 aliphatic rings. The van der Waals surface area contributed by atoms with Crippen LogP contribution in [0, 0.1) is 10.8 Å². The molecule has 0 amide bonds. The monoisotopic (exact) mass is 604 g/mol. The fourth-order valence-corrected chi connectivity index (χ4v) is 6.59. The highest BCUT2D eigenvalue weighted by Gasteiger charge is 2.17. The van der Waals surface area contributed by atoms with E-state index in [9.17, 15) is 0 Å². The molecule has 0 bridgehead atoms. The van der Waals surface area contributed by atoms with Gasteiger partial charge in [-0.05, 0) is 68.9 Å². The maximum absolute atomic E-state index is 2.94. The smallest absolute Gasteiger partial charge is 0.0280 e. The number of nitrogens with zero attached hydrogens (tertiary/aromatic N) is 1. The summed E-state index contributed by atoms with van der Waals surface area (Å²) < 4.78 is 0. The molecule has 0 aromatic heterocycles. The highest BCUT2D eigenvalue weighted by Crippen LogP contribution is 2.24. The molecule has 1 unspecified atom stereocenters. The molecular formula is C42H85N. The Labute approximate surface area is 275 Å². The predicted octanol–water partition coefficient (Wildman–Crippen LogP) is 14.9. The van der Waals surface area contributed by atoms with Gasteiger partial charge < -0.3 is 0 Å². The van der Waals surface area contributed by atoms with E-state index in [1.165, 1.54) is 180 Å². The molecule has 0 N–H and O–H groups in total. The van der Waals surface area contributed by atoms with E-state index < -0.39 is 0 Å². The van der Waals surface area contributed by atoms with E-state index in [4.69, 9.17) is 0 Å². The van der Waals surface area contributed by atoms with Crippen LogP contribution in [0.3, 0.4) is 0 Å². The van der Waals surface area contributed by atoms with Gasteiger partial charge >= 0.3 is 0 Å². The average molecular weight is 604 g/mol. The van der Waals surface area contributed by atoms with Crippen LogP contribution in [0.15, 0.2) is 11.6 Å². The molecule has 0 spiro atoms. The quantitative estimate of drug-likeness (QED) is 0.0583. The summed E-state index contributed by atoms with van der Waals surface area (Å²) in [6, 6.07) is 0.667. The molecule has 0 aromatic rings. The number of hydrogen-bond acceptors (Lipinski definition) is 1. The highest BCUT2D eigenvalue weighted by atomic mass is 15.1. The Bertz CT molecular complexity index is 565.